The normalized spacial score (nSPS) is 11.6. The topological polar surface area (TPSA) is 72.2 Å². The first-order valence-electron chi connectivity index (χ1n) is 4.90. The molecule has 0 atom stereocenters. The van der Waals surface area contributed by atoms with Crippen LogP contribution in [0.5, 0.6) is 0 Å². The van der Waals surface area contributed by atoms with Crippen molar-refractivity contribution >= 4 is 55.0 Å². The lowest BCUT2D eigenvalue weighted by Gasteiger charge is -2.09. The molecule has 9 heteroatoms. The first kappa shape index (κ1) is 14.6. The molecule has 0 saturated heterocycles. The van der Waals surface area contributed by atoms with Crippen molar-refractivity contribution in [3.8, 4) is 0 Å². The number of aryl methyl sites for hydroxylation is 1. The third-order valence-corrected chi connectivity index (χ3v) is 5.53. The fourth-order valence-electron chi connectivity index (χ4n) is 1.28. The Labute approximate surface area is 128 Å². The summed E-state index contributed by atoms with van der Waals surface area (Å²) in [7, 11) is -3.89. The molecule has 102 valence electrons. The van der Waals surface area contributed by atoms with Crippen LogP contribution >= 0.6 is 39.1 Å². The second-order valence-electron chi connectivity index (χ2n) is 3.63. The Morgan fingerprint density at radius 2 is 2.00 bits per heavy atom. The molecule has 1 N–H and O–H groups in total. The zero-order chi connectivity index (χ0) is 14.2. The summed E-state index contributed by atoms with van der Waals surface area (Å²) in [6.07, 6.45) is 1.33. The minimum absolute atomic E-state index is 0.0651. The molecule has 2 aromatic rings. The van der Waals surface area contributed by atoms with Crippen molar-refractivity contribution in [2.24, 2.45) is 0 Å². The van der Waals surface area contributed by atoms with E-state index in [2.05, 4.69) is 30.3 Å². The van der Waals surface area contributed by atoms with Gasteiger partial charge in [-0.15, -0.1) is 0 Å². The van der Waals surface area contributed by atoms with Gasteiger partial charge in [0.1, 0.15) is 11.2 Å². The summed E-state index contributed by atoms with van der Waals surface area (Å²) in [6.45, 7) is 1.66. The second-order valence-corrected chi connectivity index (χ2v) is 6.89. The number of nitrogens with one attached hydrogen (secondary N) is 1. The molecule has 0 unspecified atom stereocenters. The van der Waals surface area contributed by atoms with Gasteiger partial charge in [0.2, 0.25) is 0 Å². The molecule has 2 rings (SSSR count). The van der Waals surface area contributed by atoms with Crippen LogP contribution in [-0.2, 0) is 10.0 Å². The van der Waals surface area contributed by atoms with Crippen LogP contribution in [0.1, 0.15) is 5.56 Å². The summed E-state index contributed by atoms with van der Waals surface area (Å²) in [6, 6.07) is 2.84. The molecular formula is C10H7BrCl2N2O3S. The van der Waals surface area contributed by atoms with Crippen molar-refractivity contribution in [1.29, 1.82) is 0 Å². The zero-order valence-electron chi connectivity index (χ0n) is 9.45. The maximum atomic E-state index is 12.2. The van der Waals surface area contributed by atoms with E-state index in [4.69, 9.17) is 23.2 Å². The van der Waals surface area contributed by atoms with E-state index in [9.17, 15) is 8.42 Å². The summed E-state index contributed by atoms with van der Waals surface area (Å²) >= 11 is 15.0. The standard InChI is InChI=1S/C10H7BrCl2N2O3S/c1-5-4-18-14-10(5)15-19(16,17)7-3-2-6(11)8(12)9(7)13/h2-4H,1H3,(H,14,15). The molecule has 0 bridgehead atoms. The van der Waals surface area contributed by atoms with Crippen molar-refractivity contribution in [2.45, 2.75) is 11.8 Å². The maximum absolute atomic E-state index is 12.2. The number of benzene rings is 1. The molecule has 0 radical (unpaired) electrons. The Balaban J connectivity index is 2.46. The first-order valence-corrected chi connectivity index (χ1v) is 7.93. The highest BCUT2D eigenvalue weighted by Gasteiger charge is 2.22. The summed E-state index contributed by atoms with van der Waals surface area (Å²) in [4.78, 5) is -0.134. The molecule has 0 saturated carbocycles. The molecule has 0 aliphatic carbocycles. The van der Waals surface area contributed by atoms with Crippen LogP contribution in [-0.4, -0.2) is 13.6 Å². The molecule has 0 fully saturated rings. The Kier molecular flexibility index (Phi) is 4.10. The van der Waals surface area contributed by atoms with Crippen LogP contribution < -0.4 is 4.72 Å². The van der Waals surface area contributed by atoms with Crippen molar-refractivity contribution in [3.63, 3.8) is 0 Å². The SMILES string of the molecule is Cc1conc1NS(=O)(=O)c1ccc(Br)c(Cl)c1Cl. The molecule has 19 heavy (non-hydrogen) atoms. The monoisotopic (exact) mass is 384 g/mol. The fraction of sp³-hybridized carbons (Fsp3) is 0.100. The van der Waals surface area contributed by atoms with Crippen LogP contribution in [0.4, 0.5) is 5.82 Å². The number of sulfonamides is 1. The summed E-state index contributed by atoms with van der Waals surface area (Å²) in [5.41, 5.74) is 0.558. The predicted molar refractivity (Wildman–Crippen MR) is 76.2 cm³/mol. The van der Waals surface area contributed by atoms with Gasteiger partial charge in [-0.3, -0.25) is 4.72 Å². The van der Waals surface area contributed by atoms with Crippen LogP contribution in [0.3, 0.4) is 0 Å². The molecule has 0 aliphatic heterocycles. The van der Waals surface area contributed by atoms with Gasteiger partial charge in [0.15, 0.2) is 5.82 Å². The number of halogens is 3. The maximum Gasteiger partial charge on any atom is 0.264 e. The smallest absolute Gasteiger partial charge is 0.264 e. The Morgan fingerprint density at radius 3 is 2.58 bits per heavy atom. The number of hydrogen-bond acceptors (Lipinski definition) is 4. The molecule has 0 aliphatic rings. The number of hydrogen-bond donors (Lipinski definition) is 1. The minimum atomic E-state index is -3.89. The van der Waals surface area contributed by atoms with Crippen molar-refractivity contribution < 1.29 is 12.9 Å². The number of anilines is 1. The van der Waals surface area contributed by atoms with Gasteiger partial charge in [-0.25, -0.2) is 8.42 Å². The second kappa shape index (κ2) is 5.32. The summed E-state index contributed by atoms with van der Waals surface area (Å²) < 4.78 is 31.8. The minimum Gasteiger partial charge on any atom is -0.362 e. The van der Waals surface area contributed by atoms with E-state index in [0.29, 0.717) is 10.0 Å². The molecule has 0 amide bonds. The van der Waals surface area contributed by atoms with Crippen molar-refractivity contribution in [2.75, 3.05) is 4.72 Å². The van der Waals surface area contributed by atoms with E-state index >= 15 is 0 Å². The lowest BCUT2D eigenvalue weighted by atomic mass is 10.4. The van der Waals surface area contributed by atoms with E-state index in [-0.39, 0.29) is 20.8 Å². The average molecular weight is 386 g/mol. The molecule has 1 aromatic carbocycles. The van der Waals surface area contributed by atoms with Crippen LogP contribution in [0.25, 0.3) is 0 Å². The van der Waals surface area contributed by atoms with Crippen LogP contribution in [0.15, 0.2) is 32.3 Å². The number of rotatable bonds is 3. The summed E-state index contributed by atoms with van der Waals surface area (Å²) in [5, 5.41) is 3.61. The Morgan fingerprint density at radius 1 is 1.32 bits per heavy atom. The summed E-state index contributed by atoms with van der Waals surface area (Å²) in [5.74, 6) is 0.107. The van der Waals surface area contributed by atoms with E-state index < -0.39 is 10.0 Å². The third kappa shape index (κ3) is 2.89. The molecular weight excluding hydrogens is 379 g/mol. The lowest BCUT2D eigenvalue weighted by Crippen LogP contribution is -2.14. The van der Waals surface area contributed by atoms with Gasteiger partial charge < -0.3 is 4.52 Å². The van der Waals surface area contributed by atoms with Gasteiger partial charge >= 0.3 is 0 Å². The van der Waals surface area contributed by atoms with Gasteiger partial charge in [0.05, 0.1) is 10.0 Å². The van der Waals surface area contributed by atoms with Gasteiger partial charge in [0.25, 0.3) is 10.0 Å². The van der Waals surface area contributed by atoms with Gasteiger partial charge in [-0.05, 0) is 35.0 Å². The van der Waals surface area contributed by atoms with E-state index in [1.54, 1.807) is 6.92 Å². The molecule has 0 spiro atoms. The van der Waals surface area contributed by atoms with Gasteiger partial charge in [-0.2, -0.15) is 0 Å². The van der Waals surface area contributed by atoms with Crippen molar-refractivity contribution in [3.05, 3.63) is 38.5 Å². The van der Waals surface area contributed by atoms with Gasteiger partial charge in [0, 0.05) is 10.0 Å². The molecule has 1 aromatic heterocycles. The van der Waals surface area contributed by atoms with Crippen LogP contribution in [0.2, 0.25) is 10.0 Å². The zero-order valence-corrected chi connectivity index (χ0v) is 13.4. The van der Waals surface area contributed by atoms with E-state index in [1.165, 1.54) is 18.4 Å². The number of nitrogens with zero attached hydrogens (tertiary/aromatic N) is 1. The average Bonchev–Trinajstić information content (AvgIpc) is 2.71. The van der Waals surface area contributed by atoms with E-state index in [0.717, 1.165) is 0 Å². The Hall–Kier alpha value is -0.760. The lowest BCUT2D eigenvalue weighted by molar-refractivity contribution is 0.422. The first-order chi connectivity index (χ1) is 8.83. The number of aromatic nitrogens is 1. The van der Waals surface area contributed by atoms with Crippen LogP contribution in [0, 0.1) is 6.92 Å². The molecule has 1 heterocycles. The van der Waals surface area contributed by atoms with E-state index in [1.807, 2.05) is 0 Å². The van der Waals surface area contributed by atoms with Gasteiger partial charge in [-0.1, -0.05) is 28.4 Å². The largest absolute Gasteiger partial charge is 0.362 e. The third-order valence-electron chi connectivity index (χ3n) is 2.27. The highest BCUT2D eigenvalue weighted by molar-refractivity contribution is 9.10. The van der Waals surface area contributed by atoms with Crippen molar-refractivity contribution in [1.82, 2.24) is 5.16 Å². The highest BCUT2D eigenvalue weighted by atomic mass is 79.9. The Bertz CT molecular complexity index is 730. The fourth-order valence-corrected chi connectivity index (χ4v) is 3.57. The molecule has 5 nitrogen and oxygen atoms in total. The quantitative estimate of drug-likeness (QED) is 0.814. The predicted octanol–water partition coefficient (Wildman–Crippen LogP) is 3.85. The highest BCUT2D eigenvalue weighted by Crippen LogP contribution is 2.35.